The van der Waals surface area contributed by atoms with Crippen LogP contribution in [0.4, 0.5) is 0 Å². The molecule has 1 fully saturated rings. The summed E-state index contributed by atoms with van der Waals surface area (Å²) in [6, 6.07) is 9.87. The number of piperidine rings is 1. The molecule has 1 aromatic rings. The van der Waals surface area contributed by atoms with Gasteiger partial charge in [0.25, 0.3) is 0 Å². The van der Waals surface area contributed by atoms with Crippen LogP contribution in [0, 0.1) is 5.92 Å². The van der Waals surface area contributed by atoms with Gasteiger partial charge in [-0.2, -0.15) is 0 Å². The van der Waals surface area contributed by atoms with E-state index < -0.39 is 17.3 Å². The summed E-state index contributed by atoms with van der Waals surface area (Å²) >= 11 is 0. The van der Waals surface area contributed by atoms with E-state index in [0.29, 0.717) is 19.5 Å². The largest absolute Gasteiger partial charge is 0.481 e. The monoisotopic (exact) mass is 303 g/mol. The van der Waals surface area contributed by atoms with Crippen molar-refractivity contribution in [3.05, 3.63) is 35.9 Å². The van der Waals surface area contributed by atoms with Gasteiger partial charge in [0, 0.05) is 13.1 Å². The summed E-state index contributed by atoms with van der Waals surface area (Å²) in [6.45, 7) is 5.07. The number of carboxylic acids is 1. The lowest BCUT2D eigenvalue weighted by atomic mass is 9.74. The number of benzene rings is 1. The van der Waals surface area contributed by atoms with Crippen molar-refractivity contribution in [1.29, 1.82) is 0 Å². The Hall–Kier alpha value is -1.84. The fourth-order valence-corrected chi connectivity index (χ4v) is 3.51. The zero-order chi connectivity index (χ0) is 16.2. The second kappa shape index (κ2) is 6.95. The van der Waals surface area contributed by atoms with Gasteiger partial charge < -0.3 is 10.0 Å². The number of hydrogen-bond donors (Lipinski definition) is 1. The fraction of sp³-hybridized carbons (Fsp3) is 0.556. The molecule has 1 aromatic carbocycles. The zero-order valence-electron chi connectivity index (χ0n) is 13.4. The Morgan fingerprint density at radius 1 is 1.23 bits per heavy atom. The summed E-state index contributed by atoms with van der Waals surface area (Å²) in [5.41, 5.74) is 0.490. The second-order valence-corrected chi connectivity index (χ2v) is 6.08. The van der Waals surface area contributed by atoms with Crippen LogP contribution in [0.5, 0.6) is 0 Å². The van der Waals surface area contributed by atoms with Gasteiger partial charge in [-0.05, 0) is 31.2 Å². The summed E-state index contributed by atoms with van der Waals surface area (Å²) in [5.74, 6) is -1.15. The fourth-order valence-electron chi connectivity index (χ4n) is 3.51. The molecule has 120 valence electrons. The van der Waals surface area contributed by atoms with Crippen LogP contribution in [0.1, 0.15) is 45.1 Å². The SMILES string of the molecule is CCC(CC)(C(=O)N1CCCC(C(=O)O)C1)c1ccccc1. The van der Waals surface area contributed by atoms with Gasteiger partial charge in [-0.25, -0.2) is 0 Å². The smallest absolute Gasteiger partial charge is 0.308 e. The van der Waals surface area contributed by atoms with Crippen LogP contribution >= 0.6 is 0 Å². The maximum Gasteiger partial charge on any atom is 0.308 e. The van der Waals surface area contributed by atoms with E-state index in [0.717, 1.165) is 24.8 Å². The summed E-state index contributed by atoms with van der Waals surface area (Å²) < 4.78 is 0. The molecule has 1 heterocycles. The maximum absolute atomic E-state index is 13.2. The van der Waals surface area contributed by atoms with Gasteiger partial charge in [-0.3, -0.25) is 9.59 Å². The summed E-state index contributed by atoms with van der Waals surface area (Å²) in [7, 11) is 0. The first-order chi connectivity index (χ1) is 10.5. The quantitative estimate of drug-likeness (QED) is 0.909. The number of amides is 1. The minimum atomic E-state index is -0.796. The van der Waals surface area contributed by atoms with Crippen molar-refractivity contribution < 1.29 is 14.7 Å². The minimum Gasteiger partial charge on any atom is -0.481 e. The third kappa shape index (κ3) is 3.01. The molecule has 2 rings (SSSR count). The molecule has 1 N–H and O–H groups in total. The standard InChI is InChI=1S/C18H25NO3/c1-3-18(4-2,15-10-6-5-7-11-15)17(22)19-12-8-9-14(13-19)16(20)21/h5-7,10-11,14H,3-4,8-9,12-13H2,1-2H3,(H,20,21). The van der Waals surface area contributed by atoms with E-state index in [1.54, 1.807) is 4.90 Å². The third-order valence-corrected chi connectivity index (χ3v) is 5.00. The Labute approximate surface area is 132 Å². The number of carbonyl (C=O) groups is 2. The van der Waals surface area contributed by atoms with Crippen LogP contribution in [-0.2, 0) is 15.0 Å². The number of carboxylic acid groups (broad SMARTS) is 1. The summed E-state index contributed by atoms with van der Waals surface area (Å²) in [4.78, 5) is 26.2. The van der Waals surface area contributed by atoms with E-state index in [2.05, 4.69) is 0 Å². The molecule has 0 aliphatic carbocycles. The molecule has 4 nitrogen and oxygen atoms in total. The molecule has 0 bridgehead atoms. The van der Waals surface area contributed by atoms with E-state index in [9.17, 15) is 14.7 Å². The van der Waals surface area contributed by atoms with Gasteiger partial charge in [0.15, 0.2) is 0 Å². The predicted molar refractivity (Wildman–Crippen MR) is 85.6 cm³/mol. The number of hydrogen-bond acceptors (Lipinski definition) is 2. The maximum atomic E-state index is 13.2. The van der Waals surface area contributed by atoms with Gasteiger partial charge in [0.05, 0.1) is 11.3 Å². The molecule has 22 heavy (non-hydrogen) atoms. The van der Waals surface area contributed by atoms with Crippen molar-refractivity contribution in [2.24, 2.45) is 5.92 Å². The van der Waals surface area contributed by atoms with E-state index in [-0.39, 0.29) is 5.91 Å². The number of likely N-dealkylation sites (tertiary alicyclic amines) is 1. The first-order valence-corrected chi connectivity index (χ1v) is 8.13. The first kappa shape index (κ1) is 16.5. The molecule has 1 aliphatic heterocycles. The molecular formula is C18H25NO3. The van der Waals surface area contributed by atoms with E-state index in [1.807, 2.05) is 44.2 Å². The van der Waals surface area contributed by atoms with Crippen LogP contribution in [0.15, 0.2) is 30.3 Å². The Bertz CT molecular complexity index is 522. The van der Waals surface area contributed by atoms with Crippen LogP contribution in [-0.4, -0.2) is 35.0 Å². The Balaban J connectivity index is 2.29. The number of carbonyl (C=O) groups excluding carboxylic acids is 1. The molecule has 0 radical (unpaired) electrons. The van der Waals surface area contributed by atoms with E-state index in [4.69, 9.17) is 0 Å². The third-order valence-electron chi connectivity index (χ3n) is 5.00. The van der Waals surface area contributed by atoms with Crippen LogP contribution in [0.3, 0.4) is 0 Å². The van der Waals surface area contributed by atoms with Gasteiger partial charge in [-0.15, -0.1) is 0 Å². The van der Waals surface area contributed by atoms with Crippen LogP contribution < -0.4 is 0 Å². The highest BCUT2D eigenvalue weighted by atomic mass is 16.4. The first-order valence-electron chi connectivity index (χ1n) is 8.13. The predicted octanol–water partition coefficient (Wildman–Crippen LogP) is 3.07. The van der Waals surface area contributed by atoms with Crippen LogP contribution in [0.25, 0.3) is 0 Å². The normalized spacial score (nSPS) is 19.0. The topological polar surface area (TPSA) is 57.6 Å². The van der Waals surface area contributed by atoms with E-state index >= 15 is 0 Å². The minimum absolute atomic E-state index is 0.0784. The highest BCUT2D eigenvalue weighted by molar-refractivity contribution is 5.88. The lowest BCUT2D eigenvalue weighted by Gasteiger charge is -2.39. The molecule has 0 spiro atoms. The molecule has 1 amide bonds. The van der Waals surface area contributed by atoms with Crippen molar-refractivity contribution in [3.63, 3.8) is 0 Å². The average molecular weight is 303 g/mol. The van der Waals surface area contributed by atoms with Crippen molar-refractivity contribution in [3.8, 4) is 0 Å². The Morgan fingerprint density at radius 3 is 2.41 bits per heavy atom. The lowest BCUT2D eigenvalue weighted by Crippen LogP contribution is -2.51. The van der Waals surface area contributed by atoms with Crippen molar-refractivity contribution in [2.75, 3.05) is 13.1 Å². The highest BCUT2D eigenvalue weighted by Gasteiger charge is 2.41. The van der Waals surface area contributed by atoms with Gasteiger partial charge >= 0.3 is 5.97 Å². The molecule has 1 atom stereocenters. The summed E-state index contributed by atoms with van der Waals surface area (Å²) in [5, 5.41) is 9.23. The van der Waals surface area contributed by atoms with Crippen molar-refractivity contribution in [2.45, 2.75) is 44.9 Å². The average Bonchev–Trinajstić information content (AvgIpc) is 2.57. The summed E-state index contributed by atoms with van der Waals surface area (Å²) in [6.07, 6.45) is 2.87. The molecule has 0 aromatic heterocycles. The zero-order valence-corrected chi connectivity index (χ0v) is 13.4. The molecule has 4 heteroatoms. The number of aliphatic carboxylic acids is 1. The molecule has 1 unspecified atom stereocenters. The van der Waals surface area contributed by atoms with E-state index in [1.165, 1.54) is 0 Å². The van der Waals surface area contributed by atoms with Gasteiger partial charge in [0.2, 0.25) is 5.91 Å². The lowest BCUT2D eigenvalue weighted by molar-refractivity contribution is -0.147. The Morgan fingerprint density at radius 2 is 1.86 bits per heavy atom. The van der Waals surface area contributed by atoms with Gasteiger partial charge in [-0.1, -0.05) is 44.2 Å². The van der Waals surface area contributed by atoms with Gasteiger partial charge in [0.1, 0.15) is 0 Å². The number of nitrogens with zero attached hydrogens (tertiary/aromatic N) is 1. The van der Waals surface area contributed by atoms with Crippen molar-refractivity contribution in [1.82, 2.24) is 4.90 Å². The highest BCUT2D eigenvalue weighted by Crippen LogP contribution is 2.35. The van der Waals surface area contributed by atoms with Crippen LogP contribution in [0.2, 0.25) is 0 Å². The Kier molecular flexibility index (Phi) is 5.22. The van der Waals surface area contributed by atoms with Crippen molar-refractivity contribution >= 4 is 11.9 Å². The molecule has 1 aliphatic rings. The second-order valence-electron chi connectivity index (χ2n) is 6.08. The molecular weight excluding hydrogens is 278 g/mol. The molecule has 0 saturated carbocycles. The number of rotatable bonds is 5. The molecule has 1 saturated heterocycles.